The second-order valence-electron chi connectivity index (χ2n) is 4.36. The van der Waals surface area contributed by atoms with Gasteiger partial charge in [0.15, 0.2) is 11.2 Å². The first-order valence-electron chi connectivity index (χ1n) is 6.45. The van der Waals surface area contributed by atoms with Crippen LogP contribution in [0.15, 0.2) is 35.4 Å². The first kappa shape index (κ1) is 12.4. The summed E-state index contributed by atoms with van der Waals surface area (Å²) in [5.41, 5.74) is 1.28. The molecule has 3 rings (SSSR count). The maximum Gasteiger partial charge on any atom is 0.277 e. The lowest BCUT2D eigenvalue weighted by Crippen LogP contribution is -2.10. The summed E-state index contributed by atoms with van der Waals surface area (Å²) >= 11 is 0. The Kier molecular flexibility index (Phi) is 3.20. The molecule has 6 heteroatoms. The van der Waals surface area contributed by atoms with Gasteiger partial charge < -0.3 is 14.7 Å². The number of nitrogens with zero attached hydrogens (tertiary/aromatic N) is 2. The molecule has 0 unspecified atom stereocenters. The zero-order valence-corrected chi connectivity index (χ0v) is 11.0. The van der Waals surface area contributed by atoms with E-state index in [1.807, 2.05) is 31.2 Å². The molecule has 1 aromatic carbocycles. The number of hydrogen-bond donors (Lipinski definition) is 2. The number of aromatic nitrogens is 4. The van der Waals surface area contributed by atoms with E-state index in [2.05, 4.69) is 19.9 Å². The molecule has 0 aliphatic carbocycles. The summed E-state index contributed by atoms with van der Waals surface area (Å²) in [4.78, 5) is 25.9. The molecule has 0 bridgehead atoms. The highest BCUT2D eigenvalue weighted by Gasteiger charge is 2.11. The minimum absolute atomic E-state index is 0.243. The van der Waals surface area contributed by atoms with Crippen molar-refractivity contribution in [2.45, 2.75) is 13.3 Å². The highest BCUT2D eigenvalue weighted by Crippen LogP contribution is 2.27. The Morgan fingerprint density at radius 2 is 2.20 bits per heavy atom. The first-order chi connectivity index (χ1) is 9.79. The van der Waals surface area contributed by atoms with Crippen LogP contribution in [0.1, 0.15) is 13.3 Å². The number of nitrogens with one attached hydrogen (secondary N) is 2. The number of rotatable bonds is 4. The lowest BCUT2D eigenvalue weighted by molar-refractivity contribution is 0.318. The molecule has 0 saturated heterocycles. The average Bonchev–Trinajstić information content (AvgIpc) is 2.94. The van der Waals surface area contributed by atoms with Gasteiger partial charge in [-0.2, -0.15) is 0 Å². The van der Waals surface area contributed by atoms with E-state index in [4.69, 9.17) is 4.74 Å². The molecule has 0 aliphatic heterocycles. The topological polar surface area (TPSA) is 83.7 Å². The number of para-hydroxylation sites is 1. The van der Waals surface area contributed by atoms with Crippen LogP contribution in [0, 0.1) is 0 Å². The number of ether oxygens (including phenoxy) is 1. The molecule has 6 nitrogen and oxygen atoms in total. The van der Waals surface area contributed by atoms with Crippen molar-refractivity contribution in [1.29, 1.82) is 0 Å². The fraction of sp³-hybridized carbons (Fsp3) is 0.214. The van der Waals surface area contributed by atoms with Crippen molar-refractivity contribution in [3.63, 3.8) is 0 Å². The van der Waals surface area contributed by atoms with E-state index in [1.165, 1.54) is 6.33 Å². The third-order valence-electron chi connectivity index (χ3n) is 2.90. The van der Waals surface area contributed by atoms with Crippen LogP contribution >= 0.6 is 0 Å². The van der Waals surface area contributed by atoms with Crippen LogP contribution in [0.2, 0.25) is 0 Å². The number of fused-ring (bicyclic) bond motifs is 1. The van der Waals surface area contributed by atoms with E-state index < -0.39 is 0 Å². The van der Waals surface area contributed by atoms with Gasteiger partial charge in [-0.3, -0.25) is 4.79 Å². The summed E-state index contributed by atoms with van der Waals surface area (Å²) in [6, 6.07) is 7.49. The molecule has 2 aromatic heterocycles. The molecule has 2 heterocycles. The Balaban J connectivity index is 2.12. The highest BCUT2D eigenvalue weighted by molar-refractivity contribution is 5.73. The maximum absolute atomic E-state index is 12.0. The van der Waals surface area contributed by atoms with Gasteiger partial charge in [0.05, 0.1) is 18.5 Å². The van der Waals surface area contributed by atoms with Gasteiger partial charge in [0, 0.05) is 0 Å². The molecule has 0 spiro atoms. The molecule has 0 atom stereocenters. The molecule has 0 radical (unpaired) electrons. The van der Waals surface area contributed by atoms with Gasteiger partial charge in [0.2, 0.25) is 0 Å². The molecule has 0 amide bonds. The fourth-order valence-electron chi connectivity index (χ4n) is 1.97. The predicted molar refractivity (Wildman–Crippen MR) is 75.7 cm³/mol. The number of benzene rings is 1. The first-order valence-corrected chi connectivity index (χ1v) is 6.45. The summed E-state index contributed by atoms with van der Waals surface area (Å²) in [6.07, 6.45) is 2.37. The van der Waals surface area contributed by atoms with E-state index >= 15 is 0 Å². The zero-order chi connectivity index (χ0) is 13.9. The Hall–Kier alpha value is -2.63. The van der Waals surface area contributed by atoms with Gasteiger partial charge in [-0.25, -0.2) is 9.97 Å². The summed E-state index contributed by atoms with van der Waals surface area (Å²) in [5, 5.41) is 0. The van der Waals surface area contributed by atoms with Crippen molar-refractivity contribution in [2.24, 2.45) is 0 Å². The third kappa shape index (κ3) is 2.16. The van der Waals surface area contributed by atoms with Gasteiger partial charge in [-0.1, -0.05) is 19.1 Å². The molecule has 0 saturated carbocycles. The summed E-state index contributed by atoms with van der Waals surface area (Å²) < 4.78 is 5.68. The second kappa shape index (κ2) is 5.16. The molecular formula is C14H14N4O2. The van der Waals surface area contributed by atoms with Gasteiger partial charge in [0.25, 0.3) is 5.56 Å². The van der Waals surface area contributed by atoms with E-state index in [1.54, 1.807) is 0 Å². The molecule has 102 valence electrons. The van der Waals surface area contributed by atoms with Gasteiger partial charge in [0.1, 0.15) is 11.6 Å². The van der Waals surface area contributed by atoms with Crippen LogP contribution in [-0.4, -0.2) is 26.5 Å². The monoisotopic (exact) mass is 272 g/mol. The van der Waals surface area contributed by atoms with Crippen molar-refractivity contribution in [3.05, 3.63) is 40.9 Å². The molecule has 20 heavy (non-hydrogen) atoms. The predicted octanol–water partition coefficient (Wildman–Crippen LogP) is 2.10. The Labute approximate surface area is 114 Å². The molecule has 3 aromatic rings. The molecule has 0 aliphatic rings. The van der Waals surface area contributed by atoms with Crippen LogP contribution in [0.4, 0.5) is 0 Å². The van der Waals surface area contributed by atoms with E-state index in [9.17, 15) is 4.79 Å². The maximum atomic E-state index is 12.0. The van der Waals surface area contributed by atoms with Crippen molar-refractivity contribution in [2.75, 3.05) is 6.61 Å². The Morgan fingerprint density at radius 3 is 3.05 bits per heavy atom. The largest absolute Gasteiger partial charge is 0.493 e. The van der Waals surface area contributed by atoms with Gasteiger partial charge >= 0.3 is 0 Å². The van der Waals surface area contributed by atoms with Gasteiger partial charge in [-0.05, 0) is 18.6 Å². The van der Waals surface area contributed by atoms with Crippen molar-refractivity contribution >= 4 is 11.2 Å². The third-order valence-corrected chi connectivity index (χ3v) is 2.90. The standard InChI is InChI=1S/C14H14N4O2/c1-2-7-20-10-6-4-3-5-9(10)12-17-13-11(14(19)18-12)15-8-16-13/h3-6,8H,2,7H2,1H3,(H2,15,16,17,18,19)/i12+2. The highest BCUT2D eigenvalue weighted by atomic mass is 16.5. The van der Waals surface area contributed by atoms with E-state index in [0.717, 1.165) is 12.0 Å². The normalized spacial score (nSPS) is 10.8. The van der Waals surface area contributed by atoms with Crippen LogP contribution in [0.3, 0.4) is 0 Å². The quantitative estimate of drug-likeness (QED) is 0.761. The van der Waals surface area contributed by atoms with E-state index in [0.29, 0.717) is 29.3 Å². The Morgan fingerprint density at radius 1 is 1.35 bits per heavy atom. The lowest BCUT2D eigenvalue weighted by Gasteiger charge is -2.09. The van der Waals surface area contributed by atoms with Crippen LogP contribution in [-0.2, 0) is 0 Å². The number of aromatic amines is 2. The van der Waals surface area contributed by atoms with Crippen molar-refractivity contribution in [3.8, 4) is 17.1 Å². The second-order valence-corrected chi connectivity index (χ2v) is 4.36. The average molecular weight is 272 g/mol. The van der Waals surface area contributed by atoms with E-state index in [-0.39, 0.29) is 5.56 Å². The zero-order valence-electron chi connectivity index (χ0n) is 11.0. The lowest BCUT2D eigenvalue weighted by atomic mass is 10.3. The molecule has 2 N–H and O–H groups in total. The van der Waals surface area contributed by atoms with Crippen LogP contribution in [0.25, 0.3) is 22.6 Å². The molecule has 0 fully saturated rings. The van der Waals surface area contributed by atoms with Crippen LogP contribution in [0.5, 0.6) is 5.75 Å². The van der Waals surface area contributed by atoms with Crippen molar-refractivity contribution in [1.82, 2.24) is 19.9 Å². The summed E-state index contributed by atoms with van der Waals surface area (Å²) in [5.74, 6) is 1.16. The van der Waals surface area contributed by atoms with Crippen LogP contribution < -0.4 is 10.3 Å². The Bertz CT molecular complexity index is 791. The molecular weight excluding hydrogens is 258 g/mol. The number of imidazole rings is 1. The number of H-pyrrole nitrogens is 2. The summed E-state index contributed by atoms with van der Waals surface area (Å²) in [6.45, 7) is 2.66. The minimum atomic E-state index is -0.243. The van der Waals surface area contributed by atoms with Gasteiger partial charge in [-0.15, -0.1) is 0 Å². The number of hydrogen-bond acceptors (Lipinski definition) is 4. The van der Waals surface area contributed by atoms with Crippen molar-refractivity contribution < 1.29 is 4.74 Å². The smallest absolute Gasteiger partial charge is 0.277 e. The SMILES string of the molecule is CCCOc1ccccc1-[14c]1nc2nc[nH]c2c(=O)[nH]1. The minimum Gasteiger partial charge on any atom is -0.493 e. The fourth-order valence-corrected chi connectivity index (χ4v) is 1.97. The summed E-state index contributed by atoms with van der Waals surface area (Å²) in [7, 11) is 0.